The highest BCUT2D eigenvalue weighted by Gasteiger charge is 2.10. The number of ether oxygens (including phenoxy) is 1. The summed E-state index contributed by atoms with van der Waals surface area (Å²) < 4.78 is 7.28. The molecule has 0 aliphatic rings. The maximum absolute atomic E-state index is 12.1. The van der Waals surface area contributed by atoms with Crippen LogP contribution in [0, 0.1) is 18.3 Å². The molecule has 0 N–H and O–H groups in total. The van der Waals surface area contributed by atoms with Gasteiger partial charge >= 0.3 is 5.97 Å². The average Bonchev–Trinajstić information content (AvgIpc) is 2.89. The number of rotatable bonds is 4. The van der Waals surface area contributed by atoms with Crippen LogP contribution in [0.4, 0.5) is 0 Å². The van der Waals surface area contributed by atoms with E-state index in [1.807, 2.05) is 41.8 Å². The Bertz CT molecular complexity index is 903. The lowest BCUT2D eigenvalue weighted by Gasteiger charge is -2.09. The van der Waals surface area contributed by atoms with Gasteiger partial charge in [-0.15, -0.1) is 0 Å². The Kier molecular flexibility index (Phi) is 4.11. The van der Waals surface area contributed by atoms with Gasteiger partial charge in [0.05, 0.1) is 11.6 Å². The molecule has 0 atom stereocenters. The first-order chi connectivity index (χ1) is 11.2. The number of nitriles is 1. The Balaban J connectivity index is 1.69. The van der Waals surface area contributed by atoms with Crippen LogP contribution in [0.3, 0.4) is 0 Å². The summed E-state index contributed by atoms with van der Waals surface area (Å²) in [5.74, 6) is -0.295. The summed E-state index contributed by atoms with van der Waals surface area (Å²) in [5.41, 5.74) is 3.42. The van der Waals surface area contributed by atoms with Crippen molar-refractivity contribution in [1.82, 2.24) is 4.57 Å². The highest BCUT2D eigenvalue weighted by atomic mass is 16.5. The number of benzene rings is 2. The Hall–Kier alpha value is -3.06. The van der Waals surface area contributed by atoms with Gasteiger partial charge in [0.1, 0.15) is 13.2 Å². The quantitative estimate of drug-likeness (QED) is 0.692. The lowest BCUT2D eigenvalue weighted by molar-refractivity contribution is -0.145. The molecule has 23 heavy (non-hydrogen) atoms. The summed E-state index contributed by atoms with van der Waals surface area (Å²) in [4.78, 5) is 12.1. The molecule has 0 radical (unpaired) electrons. The minimum absolute atomic E-state index is 0.173. The largest absolute Gasteiger partial charge is 0.459 e. The van der Waals surface area contributed by atoms with E-state index in [4.69, 9.17) is 10.00 Å². The maximum atomic E-state index is 12.1. The normalized spacial score (nSPS) is 10.4. The van der Waals surface area contributed by atoms with Crippen LogP contribution in [-0.4, -0.2) is 10.5 Å². The summed E-state index contributed by atoms with van der Waals surface area (Å²) in [6.07, 6.45) is 0. The minimum Gasteiger partial charge on any atom is -0.459 e. The van der Waals surface area contributed by atoms with Crippen molar-refractivity contribution >= 4 is 16.9 Å². The Morgan fingerprint density at radius 1 is 1.17 bits per heavy atom. The number of fused-ring (bicyclic) bond motifs is 1. The van der Waals surface area contributed by atoms with Crippen molar-refractivity contribution < 1.29 is 9.53 Å². The van der Waals surface area contributed by atoms with Crippen molar-refractivity contribution in [2.75, 3.05) is 0 Å². The Morgan fingerprint density at radius 3 is 2.83 bits per heavy atom. The van der Waals surface area contributed by atoms with Crippen molar-refractivity contribution in [2.45, 2.75) is 20.1 Å². The molecular formula is C19H16N2O2. The predicted molar refractivity (Wildman–Crippen MR) is 87.6 cm³/mol. The molecule has 0 fully saturated rings. The van der Waals surface area contributed by atoms with Crippen LogP contribution in [0.2, 0.25) is 0 Å². The zero-order valence-corrected chi connectivity index (χ0v) is 12.8. The molecule has 0 aliphatic carbocycles. The van der Waals surface area contributed by atoms with Gasteiger partial charge in [0.25, 0.3) is 0 Å². The molecule has 0 saturated heterocycles. The molecule has 114 valence electrons. The highest BCUT2D eigenvalue weighted by Crippen LogP contribution is 2.19. The number of hydrogen-bond donors (Lipinski definition) is 0. The number of nitrogens with zero attached hydrogens (tertiary/aromatic N) is 2. The van der Waals surface area contributed by atoms with Gasteiger partial charge in [0, 0.05) is 11.2 Å². The molecule has 0 amide bonds. The Morgan fingerprint density at radius 2 is 2.00 bits per heavy atom. The molecule has 4 heteroatoms. The zero-order chi connectivity index (χ0) is 16.2. The molecule has 0 aliphatic heterocycles. The molecule has 0 bridgehead atoms. The molecule has 0 saturated carbocycles. The van der Waals surface area contributed by atoms with Gasteiger partial charge < -0.3 is 9.30 Å². The van der Waals surface area contributed by atoms with Crippen LogP contribution < -0.4 is 0 Å². The SMILES string of the molecule is Cc1cc2ccccc2n1CC(=O)OCc1cccc(C#N)c1. The first kappa shape index (κ1) is 14.9. The topological polar surface area (TPSA) is 55.0 Å². The second kappa shape index (κ2) is 6.37. The van der Waals surface area contributed by atoms with Crippen LogP contribution in [-0.2, 0) is 22.7 Å². The van der Waals surface area contributed by atoms with Crippen LogP contribution >= 0.6 is 0 Å². The van der Waals surface area contributed by atoms with Gasteiger partial charge in [-0.05, 0) is 42.1 Å². The monoisotopic (exact) mass is 304 g/mol. The number of carbonyl (C=O) groups is 1. The van der Waals surface area contributed by atoms with E-state index in [1.54, 1.807) is 18.2 Å². The molecular weight excluding hydrogens is 288 g/mol. The zero-order valence-electron chi connectivity index (χ0n) is 12.8. The lowest BCUT2D eigenvalue weighted by Crippen LogP contribution is -2.14. The molecule has 0 spiro atoms. The van der Waals surface area contributed by atoms with E-state index in [9.17, 15) is 4.79 Å². The van der Waals surface area contributed by atoms with Gasteiger partial charge in [-0.3, -0.25) is 4.79 Å². The van der Waals surface area contributed by atoms with Crippen molar-refractivity contribution in [3.8, 4) is 6.07 Å². The number of aryl methyl sites for hydroxylation is 1. The van der Waals surface area contributed by atoms with Gasteiger partial charge in [0.15, 0.2) is 0 Å². The van der Waals surface area contributed by atoms with Crippen molar-refractivity contribution in [1.29, 1.82) is 5.26 Å². The predicted octanol–water partition coefficient (Wildman–Crippen LogP) is 3.56. The van der Waals surface area contributed by atoms with Gasteiger partial charge in [-0.2, -0.15) is 5.26 Å². The van der Waals surface area contributed by atoms with Crippen LogP contribution in [0.5, 0.6) is 0 Å². The number of carbonyl (C=O) groups excluding carboxylic acids is 1. The molecule has 3 aromatic rings. The number of para-hydroxylation sites is 1. The van der Waals surface area contributed by atoms with E-state index < -0.39 is 0 Å². The summed E-state index contributed by atoms with van der Waals surface area (Å²) in [7, 11) is 0. The van der Waals surface area contributed by atoms with Gasteiger partial charge in [-0.1, -0.05) is 30.3 Å². The highest BCUT2D eigenvalue weighted by molar-refractivity contribution is 5.83. The van der Waals surface area contributed by atoms with Crippen molar-refractivity contribution in [3.05, 3.63) is 71.4 Å². The van der Waals surface area contributed by atoms with Crippen LogP contribution in [0.15, 0.2) is 54.6 Å². The fraction of sp³-hybridized carbons (Fsp3) is 0.158. The third-order valence-corrected chi connectivity index (χ3v) is 3.76. The van der Waals surface area contributed by atoms with E-state index in [0.29, 0.717) is 5.56 Å². The van der Waals surface area contributed by atoms with Crippen molar-refractivity contribution in [3.63, 3.8) is 0 Å². The second-order valence-electron chi connectivity index (χ2n) is 5.40. The standard InChI is InChI=1S/C19H16N2O2/c1-14-9-17-7-2-3-8-18(17)21(14)12-19(22)23-13-16-6-4-5-15(10-16)11-20/h2-10H,12-13H2,1H3. The fourth-order valence-corrected chi connectivity index (χ4v) is 2.63. The first-order valence-electron chi connectivity index (χ1n) is 7.37. The smallest absolute Gasteiger partial charge is 0.326 e. The van der Waals surface area contributed by atoms with E-state index >= 15 is 0 Å². The molecule has 1 heterocycles. The van der Waals surface area contributed by atoms with Crippen molar-refractivity contribution in [2.24, 2.45) is 0 Å². The Labute approximate surface area is 134 Å². The third-order valence-electron chi connectivity index (χ3n) is 3.76. The van der Waals surface area contributed by atoms with E-state index in [-0.39, 0.29) is 19.1 Å². The summed E-state index contributed by atoms with van der Waals surface area (Å²) >= 11 is 0. The van der Waals surface area contributed by atoms with Crippen LogP contribution in [0.25, 0.3) is 10.9 Å². The first-order valence-corrected chi connectivity index (χ1v) is 7.37. The summed E-state index contributed by atoms with van der Waals surface area (Å²) in [6.45, 7) is 2.33. The third kappa shape index (κ3) is 3.24. The molecule has 1 aromatic heterocycles. The van der Waals surface area contributed by atoms with E-state index in [2.05, 4.69) is 12.1 Å². The number of aromatic nitrogens is 1. The second-order valence-corrected chi connectivity index (χ2v) is 5.40. The fourth-order valence-electron chi connectivity index (χ4n) is 2.63. The van der Waals surface area contributed by atoms with Crippen LogP contribution in [0.1, 0.15) is 16.8 Å². The molecule has 3 rings (SSSR count). The summed E-state index contributed by atoms with van der Waals surface area (Å²) in [5, 5.41) is 9.99. The molecule has 2 aromatic carbocycles. The number of hydrogen-bond acceptors (Lipinski definition) is 3. The number of esters is 1. The summed E-state index contributed by atoms with van der Waals surface area (Å²) in [6, 6.07) is 19.1. The molecule has 0 unspecified atom stereocenters. The average molecular weight is 304 g/mol. The lowest BCUT2D eigenvalue weighted by atomic mass is 10.1. The maximum Gasteiger partial charge on any atom is 0.326 e. The van der Waals surface area contributed by atoms with Gasteiger partial charge in [0.2, 0.25) is 0 Å². The van der Waals surface area contributed by atoms with E-state index in [0.717, 1.165) is 22.2 Å². The van der Waals surface area contributed by atoms with Gasteiger partial charge in [-0.25, -0.2) is 0 Å². The minimum atomic E-state index is -0.295. The molecule has 4 nitrogen and oxygen atoms in total. The van der Waals surface area contributed by atoms with E-state index in [1.165, 1.54) is 0 Å².